The first-order chi connectivity index (χ1) is 8.59. The molecule has 1 aromatic rings. The molecule has 0 saturated heterocycles. The molecule has 0 fully saturated rings. The van der Waals surface area contributed by atoms with Crippen molar-refractivity contribution in [2.75, 3.05) is 13.7 Å². The smallest absolute Gasteiger partial charge is 0.300 e. The monoisotopic (exact) mass is 328 g/mol. The third-order valence-electron chi connectivity index (χ3n) is 2.02. The average Bonchev–Trinajstić information content (AvgIpc) is 2.58. The minimum absolute atomic E-state index is 0.160. The van der Waals surface area contributed by atoms with Crippen molar-refractivity contribution in [2.45, 2.75) is 23.6 Å². The van der Waals surface area contributed by atoms with Crippen molar-refractivity contribution in [1.82, 2.24) is 4.72 Å². The van der Waals surface area contributed by atoms with Gasteiger partial charge in [-0.2, -0.15) is 0 Å². The quantitative estimate of drug-likeness (QED) is 0.636. The number of halogens is 1. The Kier molecular flexibility index (Phi) is 4.91. The fraction of sp³-hybridized carbons (Fsp3) is 0.556. The van der Waals surface area contributed by atoms with Crippen LogP contribution in [0.2, 0.25) is 4.34 Å². The summed E-state index contributed by atoms with van der Waals surface area (Å²) in [6.45, 7) is 3.43. The van der Waals surface area contributed by atoms with E-state index in [4.69, 9.17) is 16.3 Å². The Morgan fingerprint density at radius 3 is 2.58 bits per heavy atom. The molecule has 1 rings (SSSR count). The van der Waals surface area contributed by atoms with Gasteiger partial charge in [0.2, 0.25) is 0 Å². The lowest BCUT2D eigenvalue weighted by Gasteiger charge is -2.24. The molecule has 0 amide bonds. The van der Waals surface area contributed by atoms with Gasteiger partial charge in [0.1, 0.15) is 4.21 Å². The van der Waals surface area contributed by atoms with Gasteiger partial charge in [-0.05, 0) is 13.8 Å². The predicted molar refractivity (Wildman–Crippen MR) is 72.3 cm³/mol. The van der Waals surface area contributed by atoms with E-state index in [9.17, 15) is 18.5 Å². The Balaban J connectivity index is 3.08. The molecule has 108 valence electrons. The van der Waals surface area contributed by atoms with E-state index in [0.29, 0.717) is 11.3 Å². The van der Waals surface area contributed by atoms with Crippen molar-refractivity contribution < 1.29 is 18.1 Å². The molecule has 1 aromatic heterocycles. The normalized spacial score (nSPS) is 12.6. The molecule has 10 heteroatoms. The third-order valence-corrected chi connectivity index (χ3v) is 5.53. The van der Waals surface area contributed by atoms with Crippen LogP contribution in [-0.4, -0.2) is 32.6 Å². The first-order valence-electron chi connectivity index (χ1n) is 5.06. The Bertz CT molecular complexity index is 581. The molecule has 0 aliphatic heterocycles. The minimum atomic E-state index is -3.88. The van der Waals surface area contributed by atoms with E-state index in [1.807, 2.05) is 0 Å². The number of hydrogen-bond donors (Lipinski definition) is 1. The largest absolute Gasteiger partial charge is 0.383 e. The number of nitro groups is 1. The number of rotatable bonds is 6. The van der Waals surface area contributed by atoms with Crippen LogP contribution in [0, 0.1) is 10.1 Å². The molecule has 7 nitrogen and oxygen atoms in total. The molecule has 0 aliphatic carbocycles. The number of thiophene rings is 1. The summed E-state index contributed by atoms with van der Waals surface area (Å²) >= 11 is 6.28. The molecule has 0 bridgehead atoms. The number of sulfonamides is 1. The average molecular weight is 329 g/mol. The van der Waals surface area contributed by atoms with E-state index in [0.717, 1.165) is 6.07 Å². The highest BCUT2D eigenvalue weighted by Crippen LogP contribution is 2.36. The fourth-order valence-electron chi connectivity index (χ4n) is 1.40. The van der Waals surface area contributed by atoms with Crippen LogP contribution < -0.4 is 4.72 Å². The van der Waals surface area contributed by atoms with Gasteiger partial charge in [-0.1, -0.05) is 11.6 Å². The van der Waals surface area contributed by atoms with Crippen molar-refractivity contribution in [3.05, 3.63) is 20.5 Å². The molecule has 0 aliphatic rings. The van der Waals surface area contributed by atoms with Crippen LogP contribution in [0.5, 0.6) is 0 Å². The highest BCUT2D eigenvalue weighted by molar-refractivity contribution is 7.91. The molecular weight excluding hydrogens is 316 g/mol. The Morgan fingerprint density at radius 2 is 2.16 bits per heavy atom. The summed E-state index contributed by atoms with van der Waals surface area (Å²) < 4.78 is 31.1. The first kappa shape index (κ1) is 16.3. The van der Waals surface area contributed by atoms with Crippen LogP contribution in [0.3, 0.4) is 0 Å². The van der Waals surface area contributed by atoms with Crippen LogP contribution in [0.1, 0.15) is 13.8 Å². The number of nitrogens with one attached hydrogen (secondary N) is 1. The minimum Gasteiger partial charge on any atom is -0.383 e. The van der Waals surface area contributed by atoms with Crippen molar-refractivity contribution in [2.24, 2.45) is 0 Å². The van der Waals surface area contributed by atoms with Crippen LogP contribution in [0.25, 0.3) is 0 Å². The maximum Gasteiger partial charge on any atom is 0.300 e. The van der Waals surface area contributed by atoms with E-state index in [1.165, 1.54) is 7.11 Å². The zero-order valence-electron chi connectivity index (χ0n) is 10.5. The fourth-order valence-corrected chi connectivity index (χ4v) is 4.46. The van der Waals surface area contributed by atoms with Crippen LogP contribution >= 0.6 is 22.9 Å². The zero-order chi connectivity index (χ0) is 14.8. The second-order valence-electron chi connectivity index (χ2n) is 4.40. The third kappa shape index (κ3) is 4.11. The molecule has 0 saturated carbocycles. The van der Waals surface area contributed by atoms with Gasteiger partial charge in [0.15, 0.2) is 4.34 Å². The maximum atomic E-state index is 12.1. The van der Waals surface area contributed by atoms with E-state index < -0.39 is 26.2 Å². The Hall–Kier alpha value is -0.740. The van der Waals surface area contributed by atoms with Gasteiger partial charge in [0.25, 0.3) is 15.7 Å². The van der Waals surface area contributed by atoms with Crippen LogP contribution in [-0.2, 0) is 14.8 Å². The Labute approximate surface area is 119 Å². The number of methoxy groups -OCH3 is 1. The topological polar surface area (TPSA) is 98.5 Å². The highest BCUT2D eigenvalue weighted by Gasteiger charge is 2.30. The Morgan fingerprint density at radius 1 is 1.58 bits per heavy atom. The van der Waals surface area contributed by atoms with Gasteiger partial charge in [0, 0.05) is 13.2 Å². The highest BCUT2D eigenvalue weighted by atomic mass is 35.5. The SMILES string of the molecule is COCC(C)(C)NS(=O)(=O)c1cc([N+](=O)[O-])c(Cl)s1. The van der Waals surface area contributed by atoms with Crippen molar-refractivity contribution >= 4 is 38.6 Å². The van der Waals surface area contributed by atoms with Crippen molar-refractivity contribution in [3.8, 4) is 0 Å². The molecule has 0 atom stereocenters. The number of nitrogens with zero attached hydrogens (tertiary/aromatic N) is 1. The second-order valence-corrected chi connectivity index (χ2v) is 7.97. The van der Waals surface area contributed by atoms with Gasteiger partial charge in [-0.25, -0.2) is 13.1 Å². The lowest BCUT2D eigenvalue weighted by Crippen LogP contribution is -2.46. The maximum absolute atomic E-state index is 12.1. The summed E-state index contributed by atoms with van der Waals surface area (Å²) in [5.41, 5.74) is -1.25. The van der Waals surface area contributed by atoms with Gasteiger partial charge in [-0.3, -0.25) is 10.1 Å². The summed E-state index contributed by atoms with van der Waals surface area (Å²) in [6.07, 6.45) is 0. The van der Waals surface area contributed by atoms with E-state index in [2.05, 4.69) is 4.72 Å². The summed E-state index contributed by atoms with van der Waals surface area (Å²) in [5, 5.41) is 10.6. The molecule has 1 heterocycles. The predicted octanol–water partition coefficient (Wildman–Crippen LogP) is 2.01. The summed E-state index contributed by atoms with van der Waals surface area (Å²) in [6, 6.07) is 0.943. The number of ether oxygens (including phenoxy) is 1. The molecule has 0 radical (unpaired) electrons. The summed E-state index contributed by atoms with van der Waals surface area (Å²) in [4.78, 5) is 9.92. The summed E-state index contributed by atoms with van der Waals surface area (Å²) in [5.74, 6) is 0. The lowest BCUT2D eigenvalue weighted by atomic mass is 10.1. The van der Waals surface area contributed by atoms with Gasteiger partial charge in [-0.15, -0.1) is 11.3 Å². The molecule has 0 aromatic carbocycles. The van der Waals surface area contributed by atoms with E-state index in [-0.39, 0.29) is 15.2 Å². The molecular formula is C9H13ClN2O5S2. The standard InChI is InChI=1S/C9H13ClN2O5S2/c1-9(2,5-17-3)11-19(15,16)7-4-6(12(13)14)8(10)18-7/h4,11H,5H2,1-3H3. The molecule has 1 N–H and O–H groups in total. The molecule has 0 spiro atoms. The first-order valence-corrected chi connectivity index (χ1v) is 7.73. The summed E-state index contributed by atoms with van der Waals surface area (Å²) in [7, 11) is -2.43. The van der Waals surface area contributed by atoms with Crippen LogP contribution in [0.15, 0.2) is 10.3 Å². The van der Waals surface area contributed by atoms with Gasteiger partial charge >= 0.3 is 0 Å². The molecule has 0 unspecified atom stereocenters. The zero-order valence-corrected chi connectivity index (χ0v) is 12.9. The van der Waals surface area contributed by atoms with Crippen molar-refractivity contribution in [1.29, 1.82) is 0 Å². The van der Waals surface area contributed by atoms with Gasteiger partial charge in [0.05, 0.1) is 17.1 Å². The van der Waals surface area contributed by atoms with Crippen molar-refractivity contribution in [3.63, 3.8) is 0 Å². The number of hydrogen-bond acceptors (Lipinski definition) is 6. The van der Waals surface area contributed by atoms with Gasteiger partial charge < -0.3 is 4.74 Å². The van der Waals surface area contributed by atoms with Crippen LogP contribution in [0.4, 0.5) is 5.69 Å². The second kappa shape index (κ2) is 5.71. The van der Waals surface area contributed by atoms with E-state index >= 15 is 0 Å². The molecule has 19 heavy (non-hydrogen) atoms. The van der Waals surface area contributed by atoms with E-state index in [1.54, 1.807) is 13.8 Å². The lowest BCUT2D eigenvalue weighted by molar-refractivity contribution is -0.384.